The summed E-state index contributed by atoms with van der Waals surface area (Å²) < 4.78 is 0. The number of hydrogen-bond acceptors (Lipinski definition) is 3. The van der Waals surface area contributed by atoms with Crippen molar-refractivity contribution in [2.75, 3.05) is 19.6 Å². The van der Waals surface area contributed by atoms with Gasteiger partial charge in [-0.25, -0.2) is 0 Å². The van der Waals surface area contributed by atoms with Gasteiger partial charge >= 0.3 is 0 Å². The summed E-state index contributed by atoms with van der Waals surface area (Å²) in [6.07, 6.45) is 9.10. The van der Waals surface area contributed by atoms with Gasteiger partial charge in [-0.1, -0.05) is 31.3 Å². The normalized spacial score (nSPS) is 27.3. The monoisotopic (exact) mass is 253 g/mol. The first-order valence-electron chi connectivity index (χ1n) is 7.34. The van der Waals surface area contributed by atoms with Crippen molar-refractivity contribution < 1.29 is 5.21 Å². The van der Waals surface area contributed by atoms with Gasteiger partial charge in [0.05, 0.1) is 0 Å². The lowest BCUT2D eigenvalue weighted by Crippen LogP contribution is -2.46. The lowest BCUT2D eigenvalue weighted by atomic mass is 9.79. The van der Waals surface area contributed by atoms with Crippen LogP contribution in [0, 0.1) is 11.3 Å². The molecule has 0 atom stereocenters. The van der Waals surface area contributed by atoms with Gasteiger partial charge in [-0.3, -0.25) is 0 Å². The number of amidine groups is 1. The summed E-state index contributed by atoms with van der Waals surface area (Å²) in [5, 5.41) is 12.0. The number of hydrogen-bond donors (Lipinski definition) is 2. The third kappa shape index (κ3) is 3.16. The number of piperidine rings is 1. The molecular weight excluding hydrogens is 226 g/mol. The predicted octanol–water partition coefficient (Wildman–Crippen LogP) is 2.42. The van der Waals surface area contributed by atoms with E-state index in [1.165, 1.54) is 38.6 Å². The Morgan fingerprint density at radius 3 is 2.44 bits per heavy atom. The fourth-order valence-corrected chi connectivity index (χ4v) is 3.34. The molecule has 1 aliphatic carbocycles. The molecule has 1 aliphatic heterocycles. The number of rotatable bonds is 3. The average molecular weight is 253 g/mol. The standard InChI is InChI=1S/C14H27N3O/c1-14(13(15)16-18)7-9-17(10-8-14)11-12-5-3-2-4-6-12/h12,18H,2-11H2,1H3,(H2,15,16). The maximum Gasteiger partial charge on any atom is 0.145 e. The van der Waals surface area contributed by atoms with Crippen molar-refractivity contribution in [3.63, 3.8) is 0 Å². The van der Waals surface area contributed by atoms with Crippen LogP contribution in [0.3, 0.4) is 0 Å². The Hall–Kier alpha value is -0.770. The summed E-state index contributed by atoms with van der Waals surface area (Å²) >= 11 is 0. The molecule has 18 heavy (non-hydrogen) atoms. The Balaban J connectivity index is 1.79. The van der Waals surface area contributed by atoms with Crippen LogP contribution in [0.15, 0.2) is 5.16 Å². The molecule has 0 bridgehead atoms. The van der Waals surface area contributed by atoms with Gasteiger partial charge in [0.1, 0.15) is 5.84 Å². The van der Waals surface area contributed by atoms with Crippen molar-refractivity contribution in [3.05, 3.63) is 0 Å². The van der Waals surface area contributed by atoms with Crippen LogP contribution in [0.4, 0.5) is 0 Å². The van der Waals surface area contributed by atoms with E-state index >= 15 is 0 Å². The molecule has 1 heterocycles. The molecule has 0 spiro atoms. The summed E-state index contributed by atoms with van der Waals surface area (Å²) in [4.78, 5) is 2.57. The smallest absolute Gasteiger partial charge is 0.145 e. The van der Waals surface area contributed by atoms with E-state index in [1.807, 2.05) is 0 Å². The fourth-order valence-electron chi connectivity index (χ4n) is 3.34. The molecule has 2 rings (SSSR count). The third-order valence-electron chi connectivity index (χ3n) is 4.93. The molecule has 104 valence electrons. The van der Waals surface area contributed by atoms with Crippen LogP contribution in [0.25, 0.3) is 0 Å². The van der Waals surface area contributed by atoms with Gasteiger partial charge in [0.2, 0.25) is 0 Å². The molecule has 1 saturated heterocycles. The van der Waals surface area contributed by atoms with Crippen LogP contribution in [0.2, 0.25) is 0 Å². The zero-order chi connectivity index (χ0) is 13.0. The third-order valence-corrected chi connectivity index (χ3v) is 4.93. The van der Waals surface area contributed by atoms with Gasteiger partial charge in [0, 0.05) is 12.0 Å². The molecule has 0 radical (unpaired) electrons. The molecule has 2 aliphatic rings. The minimum absolute atomic E-state index is 0.0994. The minimum atomic E-state index is -0.0994. The summed E-state index contributed by atoms with van der Waals surface area (Å²) in [5.74, 6) is 1.31. The number of likely N-dealkylation sites (tertiary alicyclic amines) is 1. The van der Waals surface area contributed by atoms with Crippen LogP contribution in [0.5, 0.6) is 0 Å². The first kappa shape index (κ1) is 13.7. The molecule has 0 aromatic rings. The Morgan fingerprint density at radius 1 is 1.28 bits per heavy atom. The highest BCUT2D eigenvalue weighted by Crippen LogP contribution is 2.32. The molecule has 3 N–H and O–H groups in total. The van der Waals surface area contributed by atoms with Crippen molar-refractivity contribution in [2.24, 2.45) is 22.2 Å². The largest absolute Gasteiger partial charge is 0.409 e. The topological polar surface area (TPSA) is 61.9 Å². The van der Waals surface area contributed by atoms with Gasteiger partial charge in [-0.15, -0.1) is 0 Å². The molecule has 0 unspecified atom stereocenters. The zero-order valence-corrected chi connectivity index (χ0v) is 11.6. The zero-order valence-electron chi connectivity index (χ0n) is 11.6. The summed E-state index contributed by atoms with van der Waals surface area (Å²) in [7, 11) is 0. The summed E-state index contributed by atoms with van der Waals surface area (Å²) in [6, 6.07) is 0. The molecular formula is C14H27N3O. The van der Waals surface area contributed by atoms with E-state index in [-0.39, 0.29) is 5.41 Å². The number of oxime groups is 1. The molecule has 4 nitrogen and oxygen atoms in total. The van der Waals surface area contributed by atoms with Crippen LogP contribution in [-0.4, -0.2) is 35.6 Å². The molecule has 2 fully saturated rings. The number of nitrogens with zero attached hydrogens (tertiary/aromatic N) is 2. The van der Waals surface area contributed by atoms with Crippen LogP contribution < -0.4 is 5.73 Å². The highest BCUT2D eigenvalue weighted by atomic mass is 16.4. The molecule has 4 heteroatoms. The Kier molecular flexibility index (Phi) is 4.49. The Morgan fingerprint density at radius 2 is 1.89 bits per heavy atom. The first-order chi connectivity index (χ1) is 8.64. The highest BCUT2D eigenvalue weighted by Gasteiger charge is 2.34. The van der Waals surface area contributed by atoms with E-state index in [1.54, 1.807) is 0 Å². The molecule has 1 saturated carbocycles. The van der Waals surface area contributed by atoms with Crippen molar-refractivity contribution in [3.8, 4) is 0 Å². The van der Waals surface area contributed by atoms with Crippen LogP contribution in [0.1, 0.15) is 51.9 Å². The van der Waals surface area contributed by atoms with E-state index in [0.717, 1.165) is 31.8 Å². The quantitative estimate of drug-likeness (QED) is 0.351. The second-order valence-corrected chi connectivity index (χ2v) is 6.35. The van der Waals surface area contributed by atoms with E-state index in [2.05, 4.69) is 17.0 Å². The van der Waals surface area contributed by atoms with Crippen LogP contribution in [-0.2, 0) is 0 Å². The van der Waals surface area contributed by atoms with Gasteiger partial charge in [-0.05, 0) is 44.7 Å². The van der Waals surface area contributed by atoms with Gasteiger partial charge in [-0.2, -0.15) is 0 Å². The maximum atomic E-state index is 8.83. The Labute approximate surface area is 110 Å². The fraction of sp³-hybridized carbons (Fsp3) is 0.929. The summed E-state index contributed by atoms with van der Waals surface area (Å²) in [6.45, 7) is 5.54. The van der Waals surface area contributed by atoms with Crippen LogP contribution >= 0.6 is 0 Å². The summed E-state index contributed by atoms with van der Waals surface area (Å²) in [5.41, 5.74) is 5.69. The predicted molar refractivity (Wildman–Crippen MR) is 73.8 cm³/mol. The lowest BCUT2D eigenvalue weighted by Gasteiger charge is -2.40. The average Bonchev–Trinajstić information content (AvgIpc) is 2.42. The SMILES string of the molecule is CC1(C(N)=NO)CCN(CC2CCCCC2)CC1. The van der Waals surface area contributed by atoms with E-state index in [9.17, 15) is 0 Å². The molecule has 0 aromatic heterocycles. The van der Waals surface area contributed by atoms with E-state index < -0.39 is 0 Å². The van der Waals surface area contributed by atoms with Crippen molar-refractivity contribution in [1.29, 1.82) is 0 Å². The molecule has 0 amide bonds. The lowest BCUT2D eigenvalue weighted by molar-refractivity contribution is 0.128. The van der Waals surface area contributed by atoms with Crippen molar-refractivity contribution >= 4 is 5.84 Å². The molecule has 0 aromatic carbocycles. The highest BCUT2D eigenvalue weighted by molar-refractivity contribution is 5.85. The van der Waals surface area contributed by atoms with Gasteiger partial charge in [0.25, 0.3) is 0 Å². The first-order valence-corrected chi connectivity index (χ1v) is 7.34. The second kappa shape index (κ2) is 5.91. The van der Waals surface area contributed by atoms with Gasteiger partial charge < -0.3 is 15.8 Å². The number of nitrogens with two attached hydrogens (primary N) is 1. The van der Waals surface area contributed by atoms with E-state index in [4.69, 9.17) is 10.9 Å². The van der Waals surface area contributed by atoms with E-state index in [0.29, 0.717) is 5.84 Å². The van der Waals surface area contributed by atoms with Crippen molar-refractivity contribution in [2.45, 2.75) is 51.9 Å². The second-order valence-electron chi connectivity index (χ2n) is 6.35. The Bertz CT molecular complexity index is 289. The maximum absolute atomic E-state index is 8.83. The van der Waals surface area contributed by atoms with Gasteiger partial charge in [0.15, 0.2) is 0 Å². The minimum Gasteiger partial charge on any atom is -0.409 e. The van der Waals surface area contributed by atoms with Crippen molar-refractivity contribution in [1.82, 2.24) is 4.90 Å².